The Hall–Kier alpha value is -1.42. The van der Waals surface area contributed by atoms with Gasteiger partial charge in [0.25, 0.3) is 0 Å². The normalized spacial score (nSPS) is 19.8. The fraction of sp³-hybridized carbons (Fsp3) is 0.400. The van der Waals surface area contributed by atoms with Crippen molar-refractivity contribution in [3.8, 4) is 0 Å². The fourth-order valence-electron chi connectivity index (χ4n) is 2.64. The zero-order valence-electron chi connectivity index (χ0n) is 11.2. The van der Waals surface area contributed by atoms with Crippen LogP contribution in [0.5, 0.6) is 0 Å². The minimum Gasteiger partial charge on any atom is -0.397 e. The van der Waals surface area contributed by atoms with Crippen LogP contribution in [0.2, 0.25) is 0 Å². The van der Waals surface area contributed by atoms with Crippen LogP contribution in [0.4, 0.5) is 11.4 Å². The molecule has 1 saturated heterocycles. The van der Waals surface area contributed by atoms with Crippen molar-refractivity contribution in [1.29, 1.82) is 0 Å². The molecule has 2 aromatic rings. The Morgan fingerprint density at radius 2 is 2.32 bits per heavy atom. The van der Waals surface area contributed by atoms with E-state index in [4.69, 9.17) is 5.73 Å². The van der Waals surface area contributed by atoms with Crippen LogP contribution < -0.4 is 10.6 Å². The molecule has 0 saturated carbocycles. The standard InChI is InChI=1S/C15H19N3S/c1-2-12-10-18(7-8-19-12)14-4-3-11-9-17-6-5-13(11)15(14)16/h3-6,9,12H,2,7-8,10,16H2,1H3. The smallest absolute Gasteiger partial charge is 0.0632 e. The molecule has 2 N–H and O–H groups in total. The van der Waals surface area contributed by atoms with E-state index < -0.39 is 0 Å². The highest BCUT2D eigenvalue weighted by atomic mass is 32.2. The number of anilines is 2. The van der Waals surface area contributed by atoms with Crippen LogP contribution in [0, 0.1) is 0 Å². The molecule has 1 aromatic heterocycles. The number of nitrogen functional groups attached to an aromatic ring is 1. The highest BCUT2D eigenvalue weighted by Crippen LogP contribution is 2.34. The molecular weight excluding hydrogens is 254 g/mol. The van der Waals surface area contributed by atoms with E-state index in [0.29, 0.717) is 0 Å². The average molecular weight is 273 g/mol. The van der Waals surface area contributed by atoms with E-state index in [9.17, 15) is 0 Å². The van der Waals surface area contributed by atoms with E-state index in [1.54, 1.807) is 0 Å². The SMILES string of the molecule is CCC1CN(c2ccc3cnccc3c2N)CCS1. The summed E-state index contributed by atoms with van der Waals surface area (Å²) in [5.74, 6) is 1.19. The Kier molecular flexibility index (Phi) is 3.51. The molecule has 0 aliphatic carbocycles. The van der Waals surface area contributed by atoms with Gasteiger partial charge in [0.2, 0.25) is 0 Å². The fourth-order valence-corrected chi connectivity index (χ4v) is 3.82. The molecule has 0 spiro atoms. The van der Waals surface area contributed by atoms with Crippen molar-refractivity contribution in [2.45, 2.75) is 18.6 Å². The molecule has 100 valence electrons. The zero-order chi connectivity index (χ0) is 13.2. The molecule has 1 atom stereocenters. The van der Waals surface area contributed by atoms with Gasteiger partial charge in [-0.1, -0.05) is 13.0 Å². The Morgan fingerprint density at radius 3 is 3.16 bits per heavy atom. The topological polar surface area (TPSA) is 42.2 Å². The highest BCUT2D eigenvalue weighted by Gasteiger charge is 2.21. The van der Waals surface area contributed by atoms with E-state index in [2.05, 4.69) is 40.7 Å². The van der Waals surface area contributed by atoms with Gasteiger partial charge in [0, 0.05) is 47.3 Å². The summed E-state index contributed by atoms with van der Waals surface area (Å²) in [6.45, 7) is 4.44. The second-order valence-corrected chi connectivity index (χ2v) is 6.35. The van der Waals surface area contributed by atoms with Crippen molar-refractivity contribution in [2.75, 3.05) is 29.5 Å². The Balaban J connectivity index is 1.98. The number of pyridine rings is 1. The number of nitrogens with two attached hydrogens (primary N) is 1. The van der Waals surface area contributed by atoms with Gasteiger partial charge in [0.15, 0.2) is 0 Å². The van der Waals surface area contributed by atoms with E-state index in [1.807, 2.05) is 18.5 Å². The van der Waals surface area contributed by atoms with Crippen LogP contribution >= 0.6 is 11.8 Å². The first kappa shape index (κ1) is 12.6. The number of hydrogen-bond donors (Lipinski definition) is 1. The second-order valence-electron chi connectivity index (χ2n) is 4.94. The Labute approximate surface area is 118 Å². The van der Waals surface area contributed by atoms with Crippen LogP contribution in [0.1, 0.15) is 13.3 Å². The lowest BCUT2D eigenvalue weighted by Crippen LogP contribution is -2.38. The minimum atomic E-state index is 0.723. The summed E-state index contributed by atoms with van der Waals surface area (Å²) >= 11 is 2.08. The van der Waals surface area contributed by atoms with Gasteiger partial charge in [0.05, 0.1) is 11.4 Å². The van der Waals surface area contributed by atoms with Crippen molar-refractivity contribution in [3.63, 3.8) is 0 Å². The molecule has 1 aliphatic heterocycles. The predicted octanol–water partition coefficient (Wildman–Crippen LogP) is 3.15. The summed E-state index contributed by atoms with van der Waals surface area (Å²) < 4.78 is 0. The van der Waals surface area contributed by atoms with Gasteiger partial charge in [-0.05, 0) is 18.6 Å². The van der Waals surface area contributed by atoms with Gasteiger partial charge in [-0.15, -0.1) is 0 Å². The Bertz CT molecular complexity index is 585. The van der Waals surface area contributed by atoms with Crippen molar-refractivity contribution in [3.05, 3.63) is 30.6 Å². The lowest BCUT2D eigenvalue weighted by atomic mass is 10.1. The number of rotatable bonds is 2. The lowest BCUT2D eigenvalue weighted by molar-refractivity contribution is 0.729. The number of nitrogens with zero attached hydrogens (tertiary/aromatic N) is 2. The van der Waals surface area contributed by atoms with Crippen LogP contribution in [0.25, 0.3) is 10.8 Å². The maximum atomic E-state index is 6.36. The van der Waals surface area contributed by atoms with Gasteiger partial charge >= 0.3 is 0 Å². The first-order valence-corrected chi connectivity index (χ1v) is 7.83. The number of aromatic nitrogens is 1. The molecule has 1 aromatic carbocycles. The van der Waals surface area contributed by atoms with Crippen LogP contribution in [0.3, 0.4) is 0 Å². The maximum Gasteiger partial charge on any atom is 0.0632 e. The zero-order valence-corrected chi connectivity index (χ0v) is 12.0. The number of fused-ring (bicyclic) bond motifs is 1. The summed E-state index contributed by atoms with van der Waals surface area (Å²) in [5, 5.41) is 2.95. The van der Waals surface area contributed by atoms with Gasteiger partial charge in [0.1, 0.15) is 0 Å². The van der Waals surface area contributed by atoms with Gasteiger partial charge < -0.3 is 10.6 Å². The molecule has 0 radical (unpaired) electrons. The van der Waals surface area contributed by atoms with Gasteiger partial charge in [-0.2, -0.15) is 11.8 Å². The largest absolute Gasteiger partial charge is 0.397 e. The van der Waals surface area contributed by atoms with E-state index in [-0.39, 0.29) is 0 Å². The Morgan fingerprint density at radius 1 is 1.42 bits per heavy atom. The molecular formula is C15H19N3S. The monoisotopic (exact) mass is 273 g/mol. The summed E-state index contributed by atoms with van der Waals surface area (Å²) in [5.41, 5.74) is 8.43. The molecule has 1 unspecified atom stereocenters. The molecule has 2 heterocycles. The number of hydrogen-bond acceptors (Lipinski definition) is 4. The average Bonchev–Trinajstić information content (AvgIpc) is 2.48. The van der Waals surface area contributed by atoms with Crippen LogP contribution in [0.15, 0.2) is 30.6 Å². The summed E-state index contributed by atoms with van der Waals surface area (Å²) in [4.78, 5) is 6.58. The summed E-state index contributed by atoms with van der Waals surface area (Å²) in [6.07, 6.45) is 4.90. The summed E-state index contributed by atoms with van der Waals surface area (Å²) in [6, 6.07) is 6.27. The number of benzene rings is 1. The third kappa shape index (κ3) is 2.37. The van der Waals surface area contributed by atoms with Crippen molar-refractivity contribution in [1.82, 2.24) is 4.98 Å². The number of thioether (sulfide) groups is 1. The van der Waals surface area contributed by atoms with Crippen molar-refractivity contribution >= 4 is 33.9 Å². The minimum absolute atomic E-state index is 0.723. The molecule has 19 heavy (non-hydrogen) atoms. The third-order valence-corrected chi connectivity index (χ3v) is 5.15. The molecule has 1 aliphatic rings. The lowest BCUT2D eigenvalue weighted by Gasteiger charge is -2.34. The molecule has 1 fully saturated rings. The molecule has 3 rings (SSSR count). The molecule has 3 nitrogen and oxygen atoms in total. The molecule has 4 heteroatoms. The maximum absolute atomic E-state index is 6.36. The van der Waals surface area contributed by atoms with Gasteiger partial charge in [-0.3, -0.25) is 4.98 Å². The molecule has 0 bridgehead atoms. The highest BCUT2D eigenvalue weighted by molar-refractivity contribution is 8.00. The van der Waals surface area contributed by atoms with Crippen molar-refractivity contribution < 1.29 is 0 Å². The van der Waals surface area contributed by atoms with E-state index in [0.717, 1.165) is 34.8 Å². The van der Waals surface area contributed by atoms with Crippen LogP contribution in [-0.2, 0) is 0 Å². The van der Waals surface area contributed by atoms with E-state index in [1.165, 1.54) is 17.9 Å². The third-order valence-electron chi connectivity index (χ3n) is 3.77. The van der Waals surface area contributed by atoms with Crippen LogP contribution in [-0.4, -0.2) is 29.1 Å². The van der Waals surface area contributed by atoms with Gasteiger partial charge in [-0.25, -0.2) is 0 Å². The quantitative estimate of drug-likeness (QED) is 0.854. The van der Waals surface area contributed by atoms with Crippen molar-refractivity contribution in [2.24, 2.45) is 0 Å². The predicted molar refractivity (Wildman–Crippen MR) is 84.9 cm³/mol. The summed E-state index contributed by atoms with van der Waals surface area (Å²) in [7, 11) is 0. The first-order valence-electron chi connectivity index (χ1n) is 6.78. The second kappa shape index (κ2) is 5.29. The van der Waals surface area contributed by atoms with E-state index >= 15 is 0 Å². The first-order chi connectivity index (χ1) is 9.29. The molecule has 0 amide bonds.